The van der Waals surface area contributed by atoms with Crippen LogP contribution in [0.25, 0.3) is 21.9 Å². The second-order valence-electron chi connectivity index (χ2n) is 4.70. The maximum atomic E-state index is 6.05. The van der Waals surface area contributed by atoms with Crippen molar-refractivity contribution >= 4 is 39.4 Å². The van der Waals surface area contributed by atoms with E-state index in [0.717, 1.165) is 21.9 Å². The third kappa shape index (κ3) is 2.48. The Morgan fingerprint density at radius 1 is 1.48 bits per heavy atom. The van der Waals surface area contributed by atoms with Crippen LogP contribution in [-0.4, -0.2) is 32.8 Å². The van der Waals surface area contributed by atoms with Crippen LogP contribution in [-0.2, 0) is 6.42 Å². The average Bonchev–Trinajstić information content (AvgIpc) is 2.87. The number of imidazole rings is 1. The van der Waals surface area contributed by atoms with Crippen LogP contribution in [0.15, 0.2) is 29.5 Å². The van der Waals surface area contributed by atoms with Gasteiger partial charge in [0.25, 0.3) is 0 Å². The topological polar surface area (TPSA) is 109 Å². The highest BCUT2D eigenvalue weighted by Gasteiger charge is 2.11. The Balaban J connectivity index is 2.11. The number of nitrogens with one attached hydrogen (secondary N) is 1. The summed E-state index contributed by atoms with van der Waals surface area (Å²) < 4.78 is 0. The summed E-state index contributed by atoms with van der Waals surface area (Å²) in [5.74, 6) is 12.2. The summed E-state index contributed by atoms with van der Waals surface area (Å²) >= 11 is 6.05. The van der Waals surface area contributed by atoms with E-state index < -0.39 is 0 Å². The molecule has 0 unspecified atom stereocenters. The van der Waals surface area contributed by atoms with Crippen molar-refractivity contribution in [2.75, 3.05) is 7.05 Å². The maximum Gasteiger partial charge on any atom is 0.145 e. The number of nitrogens with two attached hydrogens (primary N) is 2. The third-order valence-electron chi connectivity index (χ3n) is 3.21. The summed E-state index contributed by atoms with van der Waals surface area (Å²) in [5.41, 5.74) is 2.48. The molecule has 0 aliphatic heterocycles. The van der Waals surface area contributed by atoms with Gasteiger partial charge in [-0.05, 0) is 18.2 Å². The van der Waals surface area contributed by atoms with E-state index in [1.807, 2.05) is 12.1 Å². The lowest BCUT2D eigenvalue weighted by atomic mass is 10.2. The summed E-state index contributed by atoms with van der Waals surface area (Å²) in [7, 11) is 1.67. The van der Waals surface area contributed by atoms with Gasteiger partial charge in [-0.1, -0.05) is 11.6 Å². The molecule has 0 aliphatic carbocycles. The third-order valence-corrected chi connectivity index (χ3v) is 3.44. The van der Waals surface area contributed by atoms with Gasteiger partial charge in [-0.25, -0.2) is 10.8 Å². The fourth-order valence-electron chi connectivity index (χ4n) is 2.18. The second-order valence-corrected chi connectivity index (χ2v) is 5.13. The summed E-state index contributed by atoms with van der Waals surface area (Å²) in [6.45, 7) is 0. The molecule has 3 aromatic rings. The summed E-state index contributed by atoms with van der Waals surface area (Å²) in [6.07, 6.45) is 2.15. The molecule has 0 radical (unpaired) electrons. The molecule has 5 N–H and O–H groups in total. The molecule has 0 saturated carbocycles. The zero-order valence-electron chi connectivity index (χ0n) is 11.3. The van der Waals surface area contributed by atoms with Crippen LogP contribution in [0.5, 0.6) is 0 Å². The van der Waals surface area contributed by atoms with Gasteiger partial charge in [0.15, 0.2) is 0 Å². The zero-order chi connectivity index (χ0) is 15.0. The van der Waals surface area contributed by atoms with Gasteiger partial charge < -0.3 is 10.8 Å². The predicted octanol–water partition coefficient (Wildman–Crippen LogP) is 1.38. The molecule has 8 heteroatoms. The molecule has 2 aromatic heterocycles. The van der Waals surface area contributed by atoms with Gasteiger partial charge in [0.2, 0.25) is 0 Å². The van der Waals surface area contributed by atoms with Crippen molar-refractivity contribution < 1.29 is 0 Å². The number of hydrazone groups is 1. The van der Waals surface area contributed by atoms with Crippen molar-refractivity contribution in [3.05, 3.63) is 35.2 Å². The number of amidine groups is 1. The number of rotatable bonds is 2. The highest BCUT2D eigenvalue weighted by Crippen LogP contribution is 2.24. The van der Waals surface area contributed by atoms with Crippen LogP contribution in [0, 0.1) is 0 Å². The number of hydrogen-bond donors (Lipinski definition) is 3. The Labute approximate surface area is 125 Å². The maximum absolute atomic E-state index is 6.05. The molecule has 0 fully saturated rings. The first-order valence-corrected chi connectivity index (χ1v) is 6.64. The van der Waals surface area contributed by atoms with Gasteiger partial charge in [0.05, 0.1) is 29.2 Å². The van der Waals surface area contributed by atoms with Crippen LogP contribution in [0.1, 0.15) is 5.82 Å². The van der Waals surface area contributed by atoms with Gasteiger partial charge in [-0.15, -0.1) is 0 Å². The lowest BCUT2D eigenvalue weighted by molar-refractivity contribution is 0.525. The molecule has 0 spiro atoms. The van der Waals surface area contributed by atoms with E-state index in [2.05, 4.69) is 20.1 Å². The van der Waals surface area contributed by atoms with Crippen molar-refractivity contribution in [2.24, 2.45) is 16.8 Å². The quantitative estimate of drug-likeness (QED) is 0.287. The molecule has 0 amide bonds. The minimum Gasteiger partial charge on any atom is -0.340 e. The van der Waals surface area contributed by atoms with Gasteiger partial charge >= 0.3 is 0 Å². The molecule has 21 heavy (non-hydrogen) atoms. The number of fused-ring (bicyclic) bond motifs is 3. The van der Waals surface area contributed by atoms with Gasteiger partial charge in [-0.3, -0.25) is 9.99 Å². The van der Waals surface area contributed by atoms with Crippen LogP contribution >= 0.6 is 11.6 Å². The highest BCUT2D eigenvalue weighted by molar-refractivity contribution is 6.31. The van der Waals surface area contributed by atoms with E-state index in [-0.39, 0.29) is 0 Å². The molecular formula is C13H14ClN7. The van der Waals surface area contributed by atoms with Crippen LogP contribution in [0.3, 0.4) is 0 Å². The molecule has 0 bridgehead atoms. The van der Waals surface area contributed by atoms with Crippen LogP contribution in [0.2, 0.25) is 5.02 Å². The zero-order valence-corrected chi connectivity index (χ0v) is 12.1. The lowest BCUT2D eigenvalue weighted by Crippen LogP contribution is -2.35. The number of benzene rings is 1. The van der Waals surface area contributed by atoms with Crippen molar-refractivity contribution in [3.63, 3.8) is 0 Å². The van der Waals surface area contributed by atoms with E-state index in [1.54, 1.807) is 19.3 Å². The number of nitrogens with zero attached hydrogens (tertiary/aromatic N) is 4. The number of H-pyrrole nitrogens is 1. The van der Waals surface area contributed by atoms with Crippen molar-refractivity contribution in [3.8, 4) is 0 Å². The standard InChI is InChI=1S/C13H14ClN7/c1-21(16)12(20-15)5-11-18-10-6-17-9-3-2-7(14)4-8(9)13(10)19-11/h2-4,6H,5,15-16H2,1H3,(H,18,19)/b20-12-. The van der Waals surface area contributed by atoms with E-state index in [4.69, 9.17) is 23.3 Å². The fraction of sp³-hybridized carbons (Fsp3) is 0.154. The first-order chi connectivity index (χ1) is 10.1. The number of likely N-dealkylation sites (N-methyl/N-ethyl adjacent to an activating group) is 1. The predicted molar refractivity (Wildman–Crippen MR) is 83.7 cm³/mol. The molecule has 0 atom stereocenters. The SMILES string of the molecule is CN(N)/C(Cc1nc2c(cnc3ccc(Cl)cc32)[nH]1)=N\N. The number of halogens is 1. The van der Waals surface area contributed by atoms with Crippen molar-refractivity contribution in [2.45, 2.75) is 6.42 Å². The van der Waals surface area contributed by atoms with Crippen molar-refractivity contribution in [1.29, 1.82) is 0 Å². The van der Waals surface area contributed by atoms with E-state index in [1.165, 1.54) is 5.01 Å². The smallest absolute Gasteiger partial charge is 0.145 e. The van der Waals surface area contributed by atoms with E-state index in [9.17, 15) is 0 Å². The Morgan fingerprint density at radius 3 is 3.00 bits per heavy atom. The highest BCUT2D eigenvalue weighted by atomic mass is 35.5. The Kier molecular flexibility index (Phi) is 3.36. The van der Waals surface area contributed by atoms with Crippen molar-refractivity contribution in [1.82, 2.24) is 20.0 Å². The van der Waals surface area contributed by atoms with E-state index in [0.29, 0.717) is 23.1 Å². The minimum atomic E-state index is 0.403. The molecule has 0 aliphatic rings. The Bertz CT molecular complexity index is 837. The second kappa shape index (κ2) is 5.19. The molecule has 7 nitrogen and oxygen atoms in total. The molecule has 3 rings (SSSR count). The number of pyridine rings is 1. The number of aromatic amines is 1. The monoisotopic (exact) mass is 303 g/mol. The Hall–Kier alpha value is -2.38. The average molecular weight is 304 g/mol. The summed E-state index contributed by atoms with van der Waals surface area (Å²) in [5, 5.41) is 6.56. The lowest BCUT2D eigenvalue weighted by Gasteiger charge is -2.12. The van der Waals surface area contributed by atoms with E-state index >= 15 is 0 Å². The molecule has 2 heterocycles. The minimum absolute atomic E-state index is 0.403. The Morgan fingerprint density at radius 2 is 2.29 bits per heavy atom. The summed E-state index contributed by atoms with van der Waals surface area (Å²) in [6, 6.07) is 5.52. The normalized spacial score (nSPS) is 12.2. The first kappa shape index (κ1) is 13.6. The molecule has 0 saturated heterocycles. The number of hydrazine groups is 1. The molecule has 108 valence electrons. The molecule has 1 aromatic carbocycles. The van der Waals surface area contributed by atoms with Gasteiger partial charge in [0.1, 0.15) is 11.7 Å². The molecular weight excluding hydrogens is 290 g/mol. The summed E-state index contributed by atoms with van der Waals surface area (Å²) in [4.78, 5) is 12.1. The number of aromatic nitrogens is 3. The largest absolute Gasteiger partial charge is 0.340 e. The fourth-order valence-corrected chi connectivity index (χ4v) is 2.35. The van der Waals surface area contributed by atoms with Gasteiger partial charge in [-0.2, -0.15) is 5.10 Å². The first-order valence-electron chi connectivity index (χ1n) is 6.26. The van der Waals surface area contributed by atoms with Crippen LogP contribution in [0.4, 0.5) is 0 Å². The van der Waals surface area contributed by atoms with Gasteiger partial charge in [0, 0.05) is 17.5 Å². The van der Waals surface area contributed by atoms with Crippen LogP contribution < -0.4 is 11.7 Å². The number of hydrogen-bond acceptors (Lipinski definition) is 5.